The van der Waals surface area contributed by atoms with Crippen molar-refractivity contribution in [3.8, 4) is 0 Å². The van der Waals surface area contributed by atoms with Crippen LogP contribution in [0.2, 0.25) is 0 Å². The molecule has 2 saturated heterocycles. The molecule has 6 aliphatic rings. The van der Waals surface area contributed by atoms with Gasteiger partial charge in [-0.1, -0.05) is 13.3 Å². The van der Waals surface area contributed by atoms with E-state index in [1.807, 2.05) is 0 Å². The van der Waals surface area contributed by atoms with E-state index in [0.717, 1.165) is 32.1 Å². The Morgan fingerprint density at radius 3 is 2.72 bits per heavy atom. The van der Waals surface area contributed by atoms with E-state index in [4.69, 9.17) is 24.3 Å². The van der Waals surface area contributed by atoms with E-state index in [1.165, 1.54) is 17.2 Å². The van der Waals surface area contributed by atoms with Crippen LogP contribution in [-0.2, 0) is 27.9 Å². The molecule has 2 aromatic rings. The van der Waals surface area contributed by atoms with Gasteiger partial charge in [0, 0.05) is 11.3 Å². The highest BCUT2D eigenvalue weighted by atomic mass is 31.2. The van der Waals surface area contributed by atoms with Crippen LogP contribution in [0.1, 0.15) is 71.9 Å². The first-order valence-electron chi connectivity index (χ1n) is 16.1. The molecule has 0 radical (unpaired) electrons. The molecule has 16 heteroatoms. The molecule has 1 spiro atoms. The molecule has 8 rings (SSSR count). The maximum Gasteiger partial charge on any atom is 0.322 e. The van der Waals surface area contributed by atoms with E-state index in [-0.39, 0.29) is 51.4 Å². The molecular formula is C30H41N5O10P-. The van der Waals surface area contributed by atoms with Crippen LogP contribution in [0, 0.1) is 34.0 Å². The summed E-state index contributed by atoms with van der Waals surface area (Å²) in [5.74, 6) is -0.491. The largest absolute Gasteiger partial charge is 0.746 e. The van der Waals surface area contributed by atoms with Crippen LogP contribution in [-0.4, -0.2) is 83.5 Å². The molecule has 2 aliphatic heterocycles. The fourth-order valence-electron chi connectivity index (χ4n) is 11.0. The van der Waals surface area contributed by atoms with Gasteiger partial charge in [0.25, 0.3) is 0 Å². The summed E-state index contributed by atoms with van der Waals surface area (Å²) >= 11 is 0. The van der Waals surface area contributed by atoms with Gasteiger partial charge in [0.05, 0.1) is 36.2 Å². The second-order valence-corrected chi connectivity index (χ2v) is 16.6. The lowest BCUT2D eigenvalue weighted by atomic mass is 9.40. The average Bonchev–Trinajstić information content (AvgIpc) is 3.55. The van der Waals surface area contributed by atoms with Gasteiger partial charge < -0.3 is 44.5 Å². The normalized spacial score (nSPS) is 48.7. The number of nitrogen functional groups attached to an aromatic ring is 1. The predicted octanol–water partition coefficient (Wildman–Crippen LogP) is 1.21. The molecule has 2 bridgehead atoms. The summed E-state index contributed by atoms with van der Waals surface area (Å²) in [6.07, 6.45) is 1.57. The van der Waals surface area contributed by atoms with Crippen LogP contribution in [0.25, 0.3) is 11.2 Å². The molecule has 252 valence electrons. The fourth-order valence-corrected chi connectivity index (χ4v) is 11.8. The number of imidazole rings is 1. The SMILES string of the molecule is CC12C[C@]34C[C@H]1C(C[C@H]3[C@]1(C)CCCC(C)(C(=O)OP(=O)([O-])OC[C@H]3O[C@@H](n5cnc6c(N)ncnc65)[C@H](O)[C@@H]3O)[C@H]1C[C@H]4O)O2. The molecule has 0 amide bonds. The Hall–Kier alpha value is -2.23. The van der Waals surface area contributed by atoms with Gasteiger partial charge in [-0.25, -0.2) is 15.0 Å². The van der Waals surface area contributed by atoms with Gasteiger partial charge >= 0.3 is 13.8 Å². The number of rotatable bonds is 6. The molecular weight excluding hydrogens is 621 g/mol. The van der Waals surface area contributed by atoms with Crippen LogP contribution in [0.3, 0.4) is 0 Å². The lowest BCUT2D eigenvalue weighted by Crippen LogP contribution is -2.64. The van der Waals surface area contributed by atoms with Crippen molar-refractivity contribution < 1.29 is 48.1 Å². The number of hydrogen-bond acceptors (Lipinski definition) is 14. The first kappa shape index (κ1) is 31.1. The number of aromatic nitrogens is 4. The fraction of sp³-hybridized carbons (Fsp3) is 0.800. The zero-order valence-corrected chi connectivity index (χ0v) is 26.9. The lowest BCUT2D eigenvalue weighted by molar-refractivity contribution is -0.257. The molecule has 5 N–H and O–H groups in total. The van der Waals surface area contributed by atoms with Crippen LogP contribution in [0.5, 0.6) is 0 Å². The minimum atomic E-state index is -5.23. The van der Waals surface area contributed by atoms with Crippen molar-refractivity contribution in [3.63, 3.8) is 0 Å². The quantitative estimate of drug-likeness (QED) is 0.319. The van der Waals surface area contributed by atoms with Crippen molar-refractivity contribution in [2.45, 2.75) is 108 Å². The summed E-state index contributed by atoms with van der Waals surface area (Å²) in [6, 6.07) is 0. The number of nitrogens with two attached hydrogens (primary N) is 1. The highest BCUT2D eigenvalue weighted by molar-refractivity contribution is 7.46. The number of carbonyl (C=O) groups excluding carboxylic acids is 1. The summed E-state index contributed by atoms with van der Waals surface area (Å²) in [6.45, 7) is 5.39. The zero-order chi connectivity index (χ0) is 32.6. The molecule has 4 unspecified atom stereocenters. The Balaban J connectivity index is 0.963. The maximum atomic E-state index is 13.8. The van der Waals surface area contributed by atoms with E-state index < -0.39 is 56.5 Å². The van der Waals surface area contributed by atoms with Gasteiger partial charge in [-0.2, -0.15) is 0 Å². The number of phosphoric acid groups is 1. The van der Waals surface area contributed by atoms with Crippen molar-refractivity contribution in [1.82, 2.24) is 19.5 Å². The molecule has 15 nitrogen and oxygen atoms in total. The van der Waals surface area contributed by atoms with Crippen molar-refractivity contribution >= 4 is 30.8 Å². The Morgan fingerprint density at radius 2 is 1.93 bits per heavy atom. The van der Waals surface area contributed by atoms with Gasteiger partial charge in [-0.15, -0.1) is 0 Å². The number of phosphoric ester groups is 1. The van der Waals surface area contributed by atoms with Gasteiger partial charge in [0.1, 0.15) is 30.2 Å². The number of ether oxygens (including phenoxy) is 2. The summed E-state index contributed by atoms with van der Waals surface area (Å²) in [7, 11) is -5.23. The Kier molecular flexibility index (Phi) is 6.69. The average molecular weight is 663 g/mol. The number of fused-ring (bicyclic) bond motifs is 3. The topological polar surface area (TPSA) is 224 Å². The molecule has 4 saturated carbocycles. The third-order valence-corrected chi connectivity index (χ3v) is 13.9. The number of nitrogens with zero attached hydrogens (tertiary/aromatic N) is 4. The van der Waals surface area contributed by atoms with Gasteiger partial charge in [0.15, 0.2) is 17.7 Å². The van der Waals surface area contributed by atoms with Crippen molar-refractivity contribution in [2.24, 2.45) is 34.0 Å². The first-order chi connectivity index (χ1) is 21.6. The summed E-state index contributed by atoms with van der Waals surface area (Å²) in [5.41, 5.74) is 4.42. The minimum Gasteiger partial charge on any atom is -0.746 e. The van der Waals surface area contributed by atoms with E-state index in [2.05, 4.69) is 28.8 Å². The molecule has 4 aliphatic carbocycles. The van der Waals surface area contributed by atoms with Gasteiger partial charge in [-0.3, -0.25) is 13.9 Å². The number of aliphatic hydroxyl groups is 3. The Labute approximate surface area is 265 Å². The van der Waals surface area contributed by atoms with E-state index in [1.54, 1.807) is 6.92 Å². The third-order valence-electron chi connectivity index (χ3n) is 13.0. The number of carbonyl (C=O) groups is 1. The first-order valence-corrected chi connectivity index (χ1v) is 17.6. The highest BCUT2D eigenvalue weighted by Gasteiger charge is 2.76. The zero-order valence-electron chi connectivity index (χ0n) is 26.0. The molecule has 14 atom stereocenters. The van der Waals surface area contributed by atoms with E-state index in [9.17, 15) is 29.6 Å². The standard InChI is InChI=1S/C30H42N5O10P/c1-27-5-4-6-28(2,17(27)8-19(36)30-9-14-15(7-18(27)30)44-29(14,3)11-30)26(39)45-46(40,41)42-10-16-21(37)22(38)25(43-16)35-13-34-20-23(31)32-12-33-24(20)35/h12-19,21-22,25,36-38H,4-11H2,1-3H3,(H,40,41)(H2,31,32,33)/p-1/t14-,15?,16+,17-,18-,19+,21+,22+,25+,27+,28?,29?,30+/m0/s1. The van der Waals surface area contributed by atoms with Crippen LogP contribution in [0.15, 0.2) is 12.7 Å². The molecule has 0 aromatic carbocycles. The summed E-state index contributed by atoms with van der Waals surface area (Å²) < 4.78 is 36.7. The molecule has 46 heavy (non-hydrogen) atoms. The van der Waals surface area contributed by atoms with Crippen molar-refractivity contribution in [3.05, 3.63) is 12.7 Å². The number of aliphatic hydroxyl groups excluding tert-OH is 3. The minimum absolute atomic E-state index is 0.117. The van der Waals surface area contributed by atoms with E-state index >= 15 is 0 Å². The Bertz CT molecular complexity index is 1640. The van der Waals surface area contributed by atoms with Gasteiger partial charge in [0.2, 0.25) is 0 Å². The molecule has 4 heterocycles. The van der Waals surface area contributed by atoms with Crippen molar-refractivity contribution in [2.75, 3.05) is 12.3 Å². The maximum absolute atomic E-state index is 13.8. The number of anilines is 1. The van der Waals surface area contributed by atoms with Crippen molar-refractivity contribution in [1.29, 1.82) is 0 Å². The lowest BCUT2D eigenvalue weighted by Gasteiger charge is -2.65. The van der Waals surface area contributed by atoms with Gasteiger partial charge in [-0.05, 0) is 69.6 Å². The summed E-state index contributed by atoms with van der Waals surface area (Å²) in [4.78, 5) is 39.0. The van der Waals surface area contributed by atoms with Crippen LogP contribution >= 0.6 is 7.82 Å². The Morgan fingerprint density at radius 1 is 1.15 bits per heavy atom. The third kappa shape index (κ3) is 4.12. The second kappa shape index (κ2) is 9.91. The van der Waals surface area contributed by atoms with Crippen LogP contribution < -0.4 is 10.6 Å². The molecule has 2 aromatic heterocycles. The van der Waals surface area contributed by atoms with Crippen LogP contribution in [0.4, 0.5) is 5.82 Å². The van der Waals surface area contributed by atoms with E-state index in [0.29, 0.717) is 18.8 Å². The second-order valence-electron chi connectivity index (χ2n) is 15.3. The highest BCUT2D eigenvalue weighted by Crippen LogP contribution is 2.76. The number of hydrogen-bond donors (Lipinski definition) is 4. The molecule has 6 fully saturated rings. The monoisotopic (exact) mass is 662 g/mol. The smallest absolute Gasteiger partial charge is 0.322 e. The predicted molar refractivity (Wildman–Crippen MR) is 156 cm³/mol. The summed E-state index contributed by atoms with van der Waals surface area (Å²) in [5, 5.41) is 33.1.